The van der Waals surface area contributed by atoms with Gasteiger partial charge in [0, 0.05) is 25.6 Å². The number of amides is 1. The van der Waals surface area contributed by atoms with Gasteiger partial charge in [0.2, 0.25) is 0 Å². The summed E-state index contributed by atoms with van der Waals surface area (Å²) in [6, 6.07) is 4.56. The van der Waals surface area contributed by atoms with Crippen molar-refractivity contribution in [2.75, 3.05) is 19.6 Å². The molecule has 1 fully saturated rings. The molecule has 0 atom stereocenters. The van der Waals surface area contributed by atoms with Crippen LogP contribution < -0.4 is 10.6 Å². The van der Waals surface area contributed by atoms with Gasteiger partial charge in [0.25, 0.3) is 5.91 Å². The van der Waals surface area contributed by atoms with Crippen LogP contribution in [-0.4, -0.2) is 25.5 Å². The number of aryl methyl sites for hydroxylation is 1. The van der Waals surface area contributed by atoms with Crippen molar-refractivity contribution in [1.29, 1.82) is 0 Å². The van der Waals surface area contributed by atoms with Gasteiger partial charge in [-0.25, -0.2) is 4.39 Å². The van der Waals surface area contributed by atoms with Gasteiger partial charge in [-0.05, 0) is 19.1 Å². The molecular weight excluding hydrogens is 207 g/mol. The van der Waals surface area contributed by atoms with Crippen molar-refractivity contribution >= 4 is 5.91 Å². The number of rotatable bonds is 3. The molecule has 1 aliphatic heterocycles. The predicted molar refractivity (Wildman–Crippen MR) is 59.8 cm³/mol. The van der Waals surface area contributed by atoms with E-state index in [2.05, 4.69) is 10.6 Å². The molecule has 1 heterocycles. The van der Waals surface area contributed by atoms with Crippen molar-refractivity contribution < 1.29 is 9.18 Å². The molecule has 0 radical (unpaired) electrons. The van der Waals surface area contributed by atoms with Crippen molar-refractivity contribution in [1.82, 2.24) is 10.6 Å². The second-order valence-corrected chi connectivity index (χ2v) is 4.22. The minimum atomic E-state index is -0.463. The van der Waals surface area contributed by atoms with Crippen LogP contribution in [0.15, 0.2) is 18.2 Å². The molecule has 1 aliphatic rings. The van der Waals surface area contributed by atoms with Crippen LogP contribution >= 0.6 is 0 Å². The molecule has 4 heteroatoms. The third-order valence-corrected chi connectivity index (χ3v) is 2.78. The maximum absolute atomic E-state index is 13.4. The fourth-order valence-corrected chi connectivity index (χ4v) is 1.64. The summed E-state index contributed by atoms with van der Waals surface area (Å²) in [6.07, 6.45) is 0. The first-order valence-electron chi connectivity index (χ1n) is 5.42. The van der Waals surface area contributed by atoms with E-state index in [0.717, 1.165) is 18.7 Å². The van der Waals surface area contributed by atoms with E-state index in [-0.39, 0.29) is 11.5 Å². The molecule has 0 unspecified atom stereocenters. The van der Waals surface area contributed by atoms with Crippen LogP contribution in [0, 0.1) is 18.7 Å². The highest BCUT2D eigenvalue weighted by Crippen LogP contribution is 2.10. The molecule has 0 bridgehead atoms. The van der Waals surface area contributed by atoms with Crippen molar-refractivity contribution in [3.05, 3.63) is 35.1 Å². The Hall–Kier alpha value is -1.42. The Morgan fingerprint density at radius 3 is 2.94 bits per heavy atom. The van der Waals surface area contributed by atoms with Crippen molar-refractivity contribution in [3.8, 4) is 0 Å². The lowest BCUT2D eigenvalue weighted by Gasteiger charge is -2.27. The zero-order valence-electron chi connectivity index (χ0n) is 9.22. The fraction of sp³-hybridized carbons (Fsp3) is 0.417. The highest BCUT2D eigenvalue weighted by atomic mass is 19.1. The van der Waals surface area contributed by atoms with Crippen LogP contribution in [0.4, 0.5) is 4.39 Å². The first-order valence-corrected chi connectivity index (χ1v) is 5.42. The first-order chi connectivity index (χ1) is 7.66. The SMILES string of the molecule is Cc1ccc(F)c(C(=O)NCC2CNC2)c1. The number of carbonyl (C=O) groups is 1. The molecular formula is C12H15FN2O. The van der Waals surface area contributed by atoms with Crippen molar-refractivity contribution in [2.24, 2.45) is 5.92 Å². The van der Waals surface area contributed by atoms with E-state index in [1.165, 1.54) is 6.07 Å². The van der Waals surface area contributed by atoms with Crippen molar-refractivity contribution in [3.63, 3.8) is 0 Å². The fourth-order valence-electron chi connectivity index (χ4n) is 1.64. The lowest BCUT2D eigenvalue weighted by molar-refractivity contribution is 0.0938. The molecule has 0 saturated carbocycles. The summed E-state index contributed by atoms with van der Waals surface area (Å²) in [5.74, 6) is -0.306. The lowest BCUT2D eigenvalue weighted by Crippen LogP contribution is -2.48. The van der Waals surface area contributed by atoms with Gasteiger partial charge in [-0.3, -0.25) is 4.79 Å². The van der Waals surface area contributed by atoms with E-state index in [1.807, 2.05) is 6.92 Å². The van der Waals surface area contributed by atoms with Crippen LogP contribution in [0.1, 0.15) is 15.9 Å². The first kappa shape index (κ1) is 11.1. The molecule has 3 nitrogen and oxygen atoms in total. The van der Waals surface area contributed by atoms with E-state index in [0.29, 0.717) is 12.5 Å². The molecule has 2 N–H and O–H groups in total. The van der Waals surface area contributed by atoms with Crippen LogP contribution in [0.2, 0.25) is 0 Å². The molecule has 86 valence electrons. The van der Waals surface area contributed by atoms with E-state index < -0.39 is 5.82 Å². The Labute approximate surface area is 94.0 Å². The van der Waals surface area contributed by atoms with Crippen LogP contribution in [0.3, 0.4) is 0 Å². The maximum Gasteiger partial charge on any atom is 0.254 e. The Kier molecular flexibility index (Phi) is 3.19. The van der Waals surface area contributed by atoms with Gasteiger partial charge >= 0.3 is 0 Å². The molecule has 1 amide bonds. The Morgan fingerprint density at radius 2 is 2.31 bits per heavy atom. The average molecular weight is 222 g/mol. The minimum Gasteiger partial charge on any atom is -0.352 e. The van der Waals surface area contributed by atoms with Gasteiger partial charge in [-0.2, -0.15) is 0 Å². The number of hydrogen-bond donors (Lipinski definition) is 2. The summed E-state index contributed by atoms with van der Waals surface area (Å²) >= 11 is 0. The topological polar surface area (TPSA) is 41.1 Å². The summed E-state index contributed by atoms with van der Waals surface area (Å²) in [4.78, 5) is 11.7. The number of halogens is 1. The van der Waals surface area contributed by atoms with Crippen LogP contribution in [0.25, 0.3) is 0 Å². The van der Waals surface area contributed by atoms with Gasteiger partial charge in [0.05, 0.1) is 5.56 Å². The monoisotopic (exact) mass is 222 g/mol. The van der Waals surface area contributed by atoms with E-state index in [4.69, 9.17) is 0 Å². The highest BCUT2D eigenvalue weighted by Gasteiger charge is 2.18. The summed E-state index contributed by atoms with van der Waals surface area (Å²) in [5.41, 5.74) is 1.02. The number of hydrogen-bond acceptors (Lipinski definition) is 2. The number of nitrogens with one attached hydrogen (secondary N) is 2. The summed E-state index contributed by atoms with van der Waals surface area (Å²) in [7, 11) is 0. The normalized spacial score (nSPS) is 15.6. The average Bonchev–Trinajstić information content (AvgIpc) is 2.19. The predicted octanol–water partition coefficient (Wildman–Crippen LogP) is 1.08. The quantitative estimate of drug-likeness (QED) is 0.803. The zero-order chi connectivity index (χ0) is 11.5. The molecule has 2 rings (SSSR count). The molecule has 0 aromatic heterocycles. The molecule has 16 heavy (non-hydrogen) atoms. The van der Waals surface area contributed by atoms with Crippen LogP contribution in [-0.2, 0) is 0 Å². The largest absolute Gasteiger partial charge is 0.352 e. The van der Waals surface area contributed by atoms with Gasteiger partial charge in [-0.15, -0.1) is 0 Å². The molecule has 0 spiro atoms. The Bertz CT molecular complexity index is 402. The molecule has 1 saturated heterocycles. The van der Waals surface area contributed by atoms with E-state index in [1.54, 1.807) is 12.1 Å². The van der Waals surface area contributed by atoms with Crippen molar-refractivity contribution in [2.45, 2.75) is 6.92 Å². The van der Waals surface area contributed by atoms with Gasteiger partial charge in [-0.1, -0.05) is 11.6 Å². The summed E-state index contributed by atoms with van der Waals surface area (Å²) in [5, 5.41) is 5.87. The van der Waals surface area contributed by atoms with Crippen LogP contribution in [0.5, 0.6) is 0 Å². The standard InChI is InChI=1S/C12H15FN2O/c1-8-2-3-11(13)10(4-8)12(16)15-7-9-5-14-6-9/h2-4,9,14H,5-7H2,1H3,(H,15,16). The van der Waals surface area contributed by atoms with E-state index in [9.17, 15) is 9.18 Å². The molecule has 1 aromatic carbocycles. The lowest BCUT2D eigenvalue weighted by atomic mass is 10.0. The molecule has 1 aromatic rings. The summed E-state index contributed by atoms with van der Waals surface area (Å²) in [6.45, 7) is 4.30. The Balaban J connectivity index is 1.99. The number of benzene rings is 1. The smallest absolute Gasteiger partial charge is 0.254 e. The minimum absolute atomic E-state index is 0.132. The van der Waals surface area contributed by atoms with E-state index >= 15 is 0 Å². The summed E-state index contributed by atoms with van der Waals surface area (Å²) < 4.78 is 13.4. The van der Waals surface area contributed by atoms with Gasteiger partial charge in [0.1, 0.15) is 5.82 Å². The second-order valence-electron chi connectivity index (χ2n) is 4.22. The third-order valence-electron chi connectivity index (χ3n) is 2.78. The van der Waals surface area contributed by atoms with Gasteiger partial charge in [0.15, 0.2) is 0 Å². The maximum atomic E-state index is 13.4. The Morgan fingerprint density at radius 1 is 1.56 bits per heavy atom. The van der Waals surface area contributed by atoms with Gasteiger partial charge < -0.3 is 10.6 Å². The molecule has 0 aliphatic carbocycles. The zero-order valence-corrected chi connectivity index (χ0v) is 9.22. The third kappa shape index (κ3) is 2.39. The second kappa shape index (κ2) is 4.61. The highest BCUT2D eigenvalue weighted by molar-refractivity contribution is 5.94. The number of carbonyl (C=O) groups excluding carboxylic acids is 1.